The van der Waals surface area contributed by atoms with Crippen LogP contribution >= 0.6 is 0 Å². The summed E-state index contributed by atoms with van der Waals surface area (Å²) in [5.74, 6) is -1.45. The second kappa shape index (κ2) is 4.97. The van der Waals surface area contributed by atoms with Crippen LogP contribution in [0.2, 0.25) is 0 Å². The maximum Gasteiger partial charge on any atom is 0.201 e. The monoisotopic (exact) mass is 262 g/mol. The summed E-state index contributed by atoms with van der Waals surface area (Å²) < 4.78 is 17.8. The average molecular weight is 262 g/mol. The zero-order valence-electron chi connectivity index (χ0n) is 10.1. The van der Waals surface area contributed by atoms with Gasteiger partial charge in [-0.25, -0.2) is 4.39 Å². The van der Waals surface area contributed by atoms with E-state index in [2.05, 4.69) is 0 Å². The van der Waals surface area contributed by atoms with Crippen molar-refractivity contribution in [3.8, 4) is 28.4 Å². The van der Waals surface area contributed by atoms with E-state index in [9.17, 15) is 19.4 Å². The lowest BCUT2D eigenvalue weighted by molar-refractivity contribution is 0.112. The standard InChI is InChI=1S/C14H11FO4/c1-19-12-6-10(8-2-4-9(15)5-3-8)11(7-16)13(17)14(12)18/h2-7,17-18H,1H3. The molecule has 0 unspecified atom stereocenters. The molecular weight excluding hydrogens is 251 g/mol. The predicted octanol–water partition coefficient (Wildman–Crippen LogP) is 2.73. The number of phenolic OH excluding ortho intramolecular Hbond substituents is 2. The van der Waals surface area contributed by atoms with Gasteiger partial charge < -0.3 is 14.9 Å². The number of halogens is 1. The van der Waals surface area contributed by atoms with Gasteiger partial charge in [-0.15, -0.1) is 0 Å². The lowest BCUT2D eigenvalue weighted by atomic mass is 9.98. The number of aromatic hydroxyl groups is 2. The van der Waals surface area contributed by atoms with E-state index in [0.717, 1.165) is 0 Å². The fourth-order valence-electron chi connectivity index (χ4n) is 1.79. The first-order valence-corrected chi connectivity index (χ1v) is 5.42. The molecule has 0 radical (unpaired) electrons. The molecule has 98 valence electrons. The minimum absolute atomic E-state index is 0.0300. The lowest BCUT2D eigenvalue weighted by Crippen LogP contribution is -1.93. The molecule has 0 saturated carbocycles. The number of benzene rings is 2. The molecule has 0 heterocycles. The molecule has 5 heteroatoms. The quantitative estimate of drug-likeness (QED) is 0.659. The van der Waals surface area contributed by atoms with Crippen LogP contribution in [0.15, 0.2) is 30.3 Å². The molecule has 0 amide bonds. The van der Waals surface area contributed by atoms with Crippen LogP contribution in [0.25, 0.3) is 11.1 Å². The second-order valence-electron chi connectivity index (χ2n) is 3.86. The molecule has 2 N–H and O–H groups in total. The average Bonchev–Trinajstić information content (AvgIpc) is 2.42. The van der Waals surface area contributed by atoms with Crippen molar-refractivity contribution in [2.24, 2.45) is 0 Å². The van der Waals surface area contributed by atoms with Gasteiger partial charge in [0.25, 0.3) is 0 Å². The van der Waals surface area contributed by atoms with Crippen molar-refractivity contribution < 1.29 is 24.1 Å². The maximum atomic E-state index is 12.9. The summed E-state index contributed by atoms with van der Waals surface area (Å²) in [6, 6.07) is 6.81. The Kier molecular flexibility index (Phi) is 3.37. The van der Waals surface area contributed by atoms with Gasteiger partial charge in [-0.3, -0.25) is 4.79 Å². The van der Waals surface area contributed by atoms with Crippen LogP contribution in [-0.2, 0) is 0 Å². The summed E-state index contributed by atoms with van der Waals surface area (Å²) in [5, 5.41) is 19.4. The van der Waals surface area contributed by atoms with E-state index in [1.165, 1.54) is 37.4 Å². The summed E-state index contributed by atoms with van der Waals surface area (Å²) in [6.45, 7) is 0. The van der Waals surface area contributed by atoms with Crippen LogP contribution in [0.4, 0.5) is 4.39 Å². The number of hydrogen-bond donors (Lipinski definition) is 2. The molecule has 0 aliphatic carbocycles. The minimum atomic E-state index is -0.561. The van der Waals surface area contributed by atoms with E-state index in [4.69, 9.17) is 4.74 Å². The Labute approximate surface area is 108 Å². The molecule has 0 atom stereocenters. The highest BCUT2D eigenvalue weighted by Gasteiger charge is 2.18. The van der Waals surface area contributed by atoms with Crippen molar-refractivity contribution in [1.82, 2.24) is 0 Å². The Morgan fingerprint density at radius 3 is 2.32 bits per heavy atom. The third-order valence-electron chi connectivity index (χ3n) is 2.77. The number of carbonyl (C=O) groups is 1. The third kappa shape index (κ3) is 2.22. The van der Waals surface area contributed by atoms with Gasteiger partial charge in [0.05, 0.1) is 12.7 Å². The van der Waals surface area contributed by atoms with Gasteiger partial charge >= 0.3 is 0 Å². The van der Waals surface area contributed by atoms with Gasteiger partial charge in [0.2, 0.25) is 5.75 Å². The summed E-state index contributed by atoms with van der Waals surface area (Å²) in [5.41, 5.74) is 0.796. The van der Waals surface area contributed by atoms with Gasteiger partial charge in [-0.2, -0.15) is 0 Å². The van der Waals surface area contributed by atoms with Crippen molar-refractivity contribution >= 4 is 6.29 Å². The Morgan fingerprint density at radius 1 is 1.16 bits per heavy atom. The number of carbonyl (C=O) groups excluding carboxylic acids is 1. The predicted molar refractivity (Wildman–Crippen MR) is 67.1 cm³/mol. The largest absolute Gasteiger partial charge is 0.504 e. The van der Waals surface area contributed by atoms with Crippen molar-refractivity contribution in [3.05, 3.63) is 41.7 Å². The molecule has 0 bridgehead atoms. The van der Waals surface area contributed by atoms with Gasteiger partial charge in [0.15, 0.2) is 17.8 Å². The van der Waals surface area contributed by atoms with E-state index < -0.39 is 17.3 Å². The summed E-state index contributed by atoms with van der Waals surface area (Å²) in [7, 11) is 1.32. The number of hydrogen-bond acceptors (Lipinski definition) is 4. The fraction of sp³-hybridized carbons (Fsp3) is 0.0714. The first-order valence-electron chi connectivity index (χ1n) is 5.42. The van der Waals surface area contributed by atoms with Crippen LogP contribution < -0.4 is 4.74 Å². The highest BCUT2D eigenvalue weighted by molar-refractivity contribution is 5.93. The molecule has 2 aromatic carbocycles. The summed E-state index contributed by atoms with van der Waals surface area (Å²) in [6.07, 6.45) is 0.424. The van der Waals surface area contributed by atoms with Crippen molar-refractivity contribution in [1.29, 1.82) is 0 Å². The van der Waals surface area contributed by atoms with Crippen LogP contribution in [0.3, 0.4) is 0 Å². The van der Waals surface area contributed by atoms with Gasteiger partial charge in [0, 0.05) is 0 Å². The fourth-order valence-corrected chi connectivity index (χ4v) is 1.79. The topological polar surface area (TPSA) is 66.8 Å². The molecular formula is C14H11FO4. The Balaban J connectivity index is 2.71. The molecule has 0 aromatic heterocycles. The van der Waals surface area contributed by atoms with Crippen LogP contribution in [0, 0.1) is 5.82 Å². The molecule has 0 fully saturated rings. The van der Waals surface area contributed by atoms with Crippen LogP contribution in [0.1, 0.15) is 10.4 Å². The number of rotatable bonds is 3. The summed E-state index contributed by atoms with van der Waals surface area (Å²) in [4.78, 5) is 11.1. The zero-order valence-corrected chi connectivity index (χ0v) is 10.1. The first-order chi connectivity index (χ1) is 9.08. The molecule has 0 saturated heterocycles. The Bertz CT molecular complexity index is 620. The highest BCUT2D eigenvalue weighted by atomic mass is 19.1. The van der Waals surface area contributed by atoms with Gasteiger partial charge in [0.1, 0.15) is 5.82 Å². The normalized spacial score (nSPS) is 10.2. The molecule has 2 rings (SSSR count). The smallest absolute Gasteiger partial charge is 0.201 e. The summed E-state index contributed by atoms with van der Waals surface area (Å²) >= 11 is 0. The van der Waals surface area contributed by atoms with Crippen molar-refractivity contribution in [3.63, 3.8) is 0 Å². The number of methoxy groups -OCH3 is 1. The zero-order chi connectivity index (χ0) is 14.0. The molecule has 4 nitrogen and oxygen atoms in total. The molecule has 0 aliphatic heterocycles. The number of phenols is 2. The van der Waals surface area contributed by atoms with Gasteiger partial charge in [-0.1, -0.05) is 12.1 Å². The first kappa shape index (κ1) is 12.9. The van der Waals surface area contributed by atoms with Crippen LogP contribution in [-0.4, -0.2) is 23.6 Å². The second-order valence-corrected chi connectivity index (χ2v) is 3.86. The van der Waals surface area contributed by atoms with Crippen molar-refractivity contribution in [2.45, 2.75) is 0 Å². The Morgan fingerprint density at radius 2 is 1.79 bits per heavy atom. The lowest BCUT2D eigenvalue weighted by Gasteiger charge is -2.12. The Hall–Kier alpha value is -2.56. The highest BCUT2D eigenvalue weighted by Crippen LogP contribution is 2.42. The SMILES string of the molecule is COc1cc(-c2ccc(F)cc2)c(C=O)c(O)c1O. The van der Waals surface area contributed by atoms with Crippen molar-refractivity contribution in [2.75, 3.05) is 7.11 Å². The molecule has 19 heavy (non-hydrogen) atoms. The molecule has 0 aliphatic rings. The van der Waals surface area contributed by atoms with E-state index >= 15 is 0 Å². The van der Waals surface area contributed by atoms with E-state index in [0.29, 0.717) is 17.4 Å². The van der Waals surface area contributed by atoms with E-state index in [-0.39, 0.29) is 11.3 Å². The number of aldehydes is 1. The third-order valence-corrected chi connectivity index (χ3v) is 2.77. The molecule has 0 spiro atoms. The van der Waals surface area contributed by atoms with Crippen LogP contribution in [0.5, 0.6) is 17.2 Å². The minimum Gasteiger partial charge on any atom is -0.504 e. The maximum absolute atomic E-state index is 12.9. The van der Waals surface area contributed by atoms with E-state index in [1.54, 1.807) is 0 Å². The number of ether oxygens (including phenoxy) is 1. The van der Waals surface area contributed by atoms with E-state index in [1.807, 2.05) is 0 Å². The van der Waals surface area contributed by atoms with Gasteiger partial charge in [-0.05, 0) is 29.3 Å². The molecule has 2 aromatic rings.